The second-order valence-corrected chi connectivity index (χ2v) is 9.64. The zero-order chi connectivity index (χ0) is 23.1. The van der Waals surface area contributed by atoms with Gasteiger partial charge in [0.15, 0.2) is 11.5 Å². The van der Waals surface area contributed by atoms with Crippen LogP contribution in [0.25, 0.3) is 0 Å². The van der Waals surface area contributed by atoms with Crippen molar-refractivity contribution in [2.24, 2.45) is 5.92 Å². The van der Waals surface area contributed by atoms with Crippen molar-refractivity contribution in [2.75, 3.05) is 34.4 Å². The smallest absolute Gasteiger partial charge is 0.223 e. The summed E-state index contributed by atoms with van der Waals surface area (Å²) in [5.41, 5.74) is 1.58. The monoisotopic (exact) mass is 462 g/mol. The van der Waals surface area contributed by atoms with Crippen molar-refractivity contribution in [1.29, 1.82) is 0 Å². The molecule has 0 saturated carbocycles. The van der Waals surface area contributed by atoms with Crippen LogP contribution >= 0.6 is 0 Å². The van der Waals surface area contributed by atoms with E-state index in [0.29, 0.717) is 49.7 Å². The number of benzene rings is 2. The minimum atomic E-state index is -3.40. The maximum Gasteiger partial charge on any atom is 0.223 e. The van der Waals surface area contributed by atoms with Gasteiger partial charge in [0.25, 0.3) is 0 Å². The van der Waals surface area contributed by atoms with E-state index in [9.17, 15) is 13.2 Å². The van der Waals surface area contributed by atoms with Crippen molar-refractivity contribution < 1.29 is 27.4 Å². The molecule has 2 aromatic carbocycles. The molecule has 1 fully saturated rings. The lowest BCUT2D eigenvalue weighted by Gasteiger charge is -2.30. The van der Waals surface area contributed by atoms with Crippen LogP contribution in [0.4, 0.5) is 0 Å². The van der Waals surface area contributed by atoms with E-state index in [0.717, 1.165) is 11.1 Å². The van der Waals surface area contributed by atoms with Gasteiger partial charge >= 0.3 is 0 Å². The lowest BCUT2D eigenvalue weighted by Crippen LogP contribution is -2.43. The van der Waals surface area contributed by atoms with Crippen molar-refractivity contribution in [1.82, 2.24) is 9.62 Å². The van der Waals surface area contributed by atoms with E-state index in [1.165, 1.54) is 11.4 Å². The molecule has 0 aromatic heterocycles. The molecule has 1 saturated heterocycles. The summed E-state index contributed by atoms with van der Waals surface area (Å²) < 4.78 is 42.9. The second-order valence-electron chi connectivity index (χ2n) is 7.67. The molecular weight excluding hydrogens is 432 g/mol. The molecule has 174 valence electrons. The average molecular weight is 463 g/mol. The molecule has 1 N–H and O–H groups in total. The quantitative estimate of drug-likeness (QED) is 0.616. The van der Waals surface area contributed by atoms with Gasteiger partial charge in [0, 0.05) is 25.6 Å². The molecular formula is C23H30N2O6S. The van der Waals surface area contributed by atoms with Gasteiger partial charge in [-0.15, -0.1) is 0 Å². The topological polar surface area (TPSA) is 94.2 Å². The first-order valence-corrected chi connectivity index (χ1v) is 12.1. The number of carbonyl (C=O) groups is 1. The second kappa shape index (κ2) is 10.7. The molecule has 0 bridgehead atoms. The van der Waals surface area contributed by atoms with Crippen LogP contribution in [0.2, 0.25) is 0 Å². The molecule has 9 heteroatoms. The van der Waals surface area contributed by atoms with Gasteiger partial charge < -0.3 is 19.5 Å². The summed E-state index contributed by atoms with van der Waals surface area (Å²) >= 11 is 0. The molecule has 0 aliphatic carbocycles. The van der Waals surface area contributed by atoms with Crippen molar-refractivity contribution in [2.45, 2.75) is 25.1 Å². The summed E-state index contributed by atoms with van der Waals surface area (Å²) in [6, 6.07) is 12.7. The molecule has 0 radical (unpaired) electrons. The Hall–Kier alpha value is -2.78. The number of nitrogens with one attached hydrogen (secondary N) is 1. The van der Waals surface area contributed by atoms with E-state index in [1.54, 1.807) is 38.5 Å². The fourth-order valence-electron chi connectivity index (χ4n) is 3.84. The minimum Gasteiger partial charge on any atom is -0.493 e. The van der Waals surface area contributed by atoms with Crippen LogP contribution in [0, 0.1) is 5.92 Å². The Morgan fingerprint density at radius 1 is 0.969 bits per heavy atom. The molecule has 0 spiro atoms. The molecule has 2 aromatic rings. The maximum atomic E-state index is 12.7. The highest BCUT2D eigenvalue weighted by molar-refractivity contribution is 7.88. The molecule has 0 atom stereocenters. The highest BCUT2D eigenvalue weighted by atomic mass is 32.2. The summed E-state index contributed by atoms with van der Waals surface area (Å²) in [6.07, 6.45) is 0.990. The Kier molecular flexibility index (Phi) is 7.98. The Balaban J connectivity index is 1.55. The van der Waals surface area contributed by atoms with Crippen LogP contribution in [-0.4, -0.2) is 53.0 Å². The van der Waals surface area contributed by atoms with E-state index >= 15 is 0 Å². The van der Waals surface area contributed by atoms with Crippen molar-refractivity contribution >= 4 is 15.9 Å². The average Bonchev–Trinajstić information content (AvgIpc) is 2.82. The van der Waals surface area contributed by atoms with E-state index in [-0.39, 0.29) is 17.6 Å². The number of methoxy groups -OCH3 is 3. The number of hydrogen-bond acceptors (Lipinski definition) is 6. The summed E-state index contributed by atoms with van der Waals surface area (Å²) in [5, 5.41) is 2.94. The van der Waals surface area contributed by atoms with Gasteiger partial charge in [-0.2, -0.15) is 0 Å². The van der Waals surface area contributed by atoms with E-state index in [4.69, 9.17) is 14.2 Å². The number of hydrogen-bond donors (Lipinski definition) is 1. The number of ether oxygens (including phenoxy) is 3. The van der Waals surface area contributed by atoms with Gasteiger partial charge in [-0.1, -0.05) is 30.3 Å². The van der Waals surface area contributed by atoms with Crippen molar-refractivity contribution in [3.05, 3.63) is 53.6 Å². The molecule has 8 nitrogen and oxygen atoms in total. The molecule has 32 heavy (non-hydrogen) atoms. The summed E-state index contributed by atoms with van der Waals surface area (Å²) in [5.74, 6) is 1.21. The van der Waals surface area contributed by atoms with Crippen LogP contribution in [0.15, 0.2) is 42.5 Å². The Bertz CT molecular complexity index is 993. The predicted molar refractivity (Wildman–Crippen MR) is 121 cm³/mol. The van der Waals surface area contributed by atoms with Gasteiger partial charge in [0.2, 0.25) is 21.7 Å². The van der Waals surface area contributed by atoms with Crippen LogP contribution in [-0.2, 0) is 27.1 Å². The molecule has 1 aliphatic rings. The predicted octanol–water partition coefficient (Wildman–Crippen LogP) is 2.57. The van der Waals surface area contributed by atoms with E-state index < -0.39 is 10.0 Å². The first-order chi connectivity index (χ1) is 15.4. The third-order valence-corrected chi connectivity index (χ3v) is 7.45. The number of sulfonamides is 1. The number of piperidine rings is 1. The Labute approximate surface area is 189 Å². The van der Waals surface area contributed by atoms with Crippen LogP contribution in [0.5, 0.6) is 17.2 Å². The SMILES string of the molecule is COc1cc(CNC(=O)C2CCN(S(=O)(=O)Cc3ccccc3)CC2)cc(OC)c1OC. The standard InChI is InChI=1S/C23H30N2O6S/c1-29-20-13-18(14-21(30-2)22(20)31-3)15-24-23(26)19-9-11-25(12-10-19)32(27,28)16-17-7-5-4-6-8-17/h4-8,13-14,19H,9-12,15-16H2,1-3H3,(H,24,26). The lowest BCUT2D eigenvalue weighted by molar-refractivity contribution is -0.126. The van der Waals surface area contributed by atoms with Gasteiger partial charge in [0.1, 0.15) is 0 Å². The fraction of sp³-hybridized carbons (Fsp3) is 0.435. The van der Waals surface area contributed by atoms with Crippen LogP contribution in [0.3, 0.4) is 0 Å². The molecule has 1 amide bonds. The summed E-state index contributed by atoms with van der Waals surface area (Å²) in [6.45, 7) is 0.997. The third-order valence-electron chi connectivity index (χ3n) is 5.60. The largest absolute Gasteiger partial charge is 0.493 e. The van der Waals surface area contributed by atoms with Crippen LogP contribution in [0.1, 0.15) is 24.0 Å². The first-order valence-electron chi connectivity index (χ1n) is 10.5. The number of carbonyl (C=O) groups excluding carboxylic acids is 1. The zero-order valence-electron chi connectivity index (χ0n) is 18.7. The number of rotatable bonds is 9. The van der Waals surface area contributed by atoms with Gasteiger partial charge in [-0.05, 0) is 36.1 Å². The number of nitrogens with zero attached hydrogens (tertiary/aromatic N) is 1. The first kappa shape index (κ1) is 23.9. The minimum absolute atomic E-state index is 0.0220. The highest BCUT2D eigenvalue weighted by Crippen LogP contribution is 2.38. The highest BCUT2D eigenvalue weighted by Gasteiger charge is 2.31. The zero-order valence-corrected chi connectivity index (χ0v) is 19.5. The van der Waals surface area contributed by atoms with Crippen molar-refractivity contribution in [3.63, 3.8) is 0 Å². The molecule has 1 aliphatic heterocycles. The lowest BCUT2D eigenvalue weighted by atomic mass is 9.97. The van der Waals surface area contributed by atoms with Gasteiger partial charge in [-0.3, -0.25) is 4.79 Å². The maximum absolute atomic E-state index is 12.7. The summed E-state index contributed by atoms with van der Waals surface area (Å²) in [4.78, 5) is 12.7. The Morgan fingerprint density at radius 3 is 2.09 bits per heavy atom. The van der Waals surface area contributed by atoms with Gasteiger partial charge in [0.05, 0.1) is 27.1 Å². The fourth-order valence-corrected chi connectivity index (χ4v) is 5.41. The van der Waals surface area contributed by atoms with E-state index in [1.807, 2.05) is 18.2 Å². The molecule has 0 unspecified atom stereocenters. The van der Waals surface area contributed by atoms with E-state index in [2.05, 4.69) is 5.32 Å². The molecule has 1 heterocycles. The number of amides is 1. The van der Waals surface area contributed by atoms with Gasteiger partial charge in [-0.25, -0.2) is 12.7 Å². The third kappa shape index (κ3) is 5.72. The normalized spacial score (nSPS) is 15.2. The molecule has 3 rings (SSSR count). The van der Waals surface area contributed by atoms with Crippen LogP contribution < -0.4 is 19.5 Å². The van der Waals surface area contributed by atoms with Crippen molar-refractivity contribution in [3.8, 4) is 17.2 Å². The summed E-state index contributed by atoms with van der Waals surface area (Å²) in [7, 11) is 1.22. The Morgan fingerprint density at radius 2 is 1.56 bits per heavy atom.